The normalized spacial score (nSPS) is 26.9. The number of aliphatic hydroxyl groups is 1. The molecule has 3 unspecified atom stereocenters. The summed E-state index contributed by atoms with van der Waals surface area (Å²) in [4.78, 5) is 0. The van der Waals surface area contributed by atoms with Crippen LogP contribution in [-0.2, 0) is 5.60 Å². The molecular weight excluding hydrogens is 232 g/mol. The van der Waals surface area contributed by atoms with Crippen LogP contribution in [0.1, 0.15) is 64.4 Å². The van der Waals surface area contributed by atoms with Crippen LogP contribution in [0.25, 0.3) is 0 Å². The Morgan fingerprint density at radius 1 is 1.11 bits per heavy atom. The number of benzene rings is 1. The average molecular weight is 260 g/mol. The highest BCUT2D eigenvalue weighted by molar-refractivity contribution is 5.23. The molecule has 2 rings (SSSR count). The zero-order valence-corrected chi connectivity index (χ0v) is 12.4. The van der Waals surface area contributed by atoms with Gasteiger partial charge in [0.1, 0.15) is 0 Å². The van der Waals surface area contributed by atoms with E-state index in [1.54, 1.807) is 0 Å². The Kier molecular flexibility index (Phi) is 5.04. The third-order valence-corrected chi connectivity index (χ3v) is 4.95. The molecule has 19 heavy (non-hydrogen) atoms. The van der Waals surface area contributed by atoms with Crippen LogP contribution in [-0.4, -0.2) is 5.11 Å². The summed E-state index contributed by atoms with van der Waals surface area (Å²) in [7, 11) is 0. The second-order valence-electron chi connectivity index (χ2n) is 6.10. The van der Waals surface area contributed by atoms with Gasteiger partial charge in [-0.15, -0.1) is 0 Å². The molecule has 1 heteroatoms. The van der Waals surface area contributed by atoms with E-state index in [0.29, 0.717) is 11.8 Å². The maximum atomic E-state index is 11.4. The van der Waals surface area contributed by atoms with Gasteiger partial charge in [-0.2, -0.15) is 0 Å². The molecule has 1 aliphatic rings. The van der Waals surface area contributed by atoms with Gasteiger partial charge in [0.25, 0.3) is 0 Å². The summed E-state index contributed by atoms with van der Waals surface area (Å²) in [5.41, 5.74) is 0.513. The topological polar surface area (TPSA) is 20.2 Å². The maximum Gasteiger partial charge on any atom is 0.0927 e. The summed E-state index contributed by atoms with van der Waals surface area (Å²) in [5, 5.41) is 11.4. The van der Waals surface area contributed by atoms with Crippen LogP contribution in [0.2, 0.25) is 0 Å². The van der Waals surface area contributed by atoms with Crippen LogP contribution in [0.5, 0.6) is 0 Å². The third-order valence-electron chi connectivity index (χ3n) is 4.95. The Bertz CT molecular complexity index is 373. The minimum atomic E-state index is -0.614. The van der Waals surface area contributed by atoms with Gasteiger partial charge in [0, 0.05) is 0 Å². The lowest BCUT2D eigenvalue weighted by molar-refractivity contribution is -0.0712. The molecule has 1 aromatic rings. The molecular formula is C18H28O. The monoisotopic (exact) mass is 260 g/mol. The zero-order chi connectivity index (χ0) is 13.7. The van der Waals surface area contributed by atoms with E-state index in [2.05, 4.69) is 38.1 Å². The summed E-state index contributed by atoms with van der Waals surface area (Å²) >= 11 is 0. The minimum absolute atomic E-state index is 0.439. The van der Waals surface area contributed by atoms with Gasteiger partial charge in [-0.3, -0.25) is 0 Å². The molecule has 106 valence electrons. The zero-order valence-electron chi connectivity index (χ0n) is 12.4. The van der Waals surface area contributed by atoms with Crippen LogP contribution in [0.4, 0.5) is 0 Å². The van der Waals surface area contributed by atoms with Crippen LogP contribution in [0.3, 0.4) is 0 Å². The van der Waals surface area contributed by atoms with Gasteiger partial charge >= 0.3 is 0 Å². The van der Waals surface area contributed by atoms with Crippen molar-refractivity contribution >= 4 is 0 Å². The van der Waals surface area contributed by atoms with Gasteiger partial charge < -0.3 is 5.11 Å². The Balaban J connectivity index is 2.32. The Morgan fingerprint density at radius 3 is 2.42 bits per heavy atom. The third kappa shape index (κ3) is 3.02. The van der Waals surface area contributed by atoms with Crippen molar-refractivity contribution in [2.75, 3.05) is 0 Å². The first-order valence-corrected chi connectivity index (χ1v) is 8.00. The second kappa shape index (κ2) is 6.56. The molecule has 3 atom stereocenters. The van der Waals surface area contributed by atoms with Crippen LogP contribution in [0.15, 0.2) is 30.3 Å². The fourth-order valence-corrected chi connectivity index (χ4v) is 3.98. The van der Waals surface area contributed by atoms with Crippen molar-refractivity contribution in [2.24, 2.45) is 11.8 Å². The fourth-order valence-electron chi connectivity index (χ4n) is 3.98. The number of hydrogen-bond acceptors (Lipinski definition) is 1. The smallest absolute Gasteiger partial charge is 0.0927 e. The van der Waals surface area contributed by atoms with E-state index in [4.69, 9.17) is 0 Å². The van der Waals surface area contributed by atoms with Crippen molar-refractivity contribution in [1.82, 2.24) is 0 Å². The Hall–Kier alpha value is -0.820. The lowest BCUT2D eigenvalue weighted by Gasteiger charge is -2.43. The van der Waals surface area contributed by atoms with Crippen molar-refractivity contribution in [1.29, 1.82) is 0 Å². The summed E-state index contributed by atoms with van der Waals surface area (Å²) in [6.45, 7) is 4.46. The molecule has 0 bridgehead atoms. The molecule has 0 heterocycles. The molecule has 0 saturated heterocycles. The second-order valence-corrected chi connectivity index (χ2v) is 6.10. The molecule has 0 spiro atoms. The van der Waals surface area contributed by atoms with E-state index in [-0.39, 0.29) is 0 Å². The van der Waals surface area contributed by atoms with Gasteiger partial charge in [0.2, 0.25) is 0 Å². The largest absolute Gasteiger partial charge is 0.385 e. The Morgan fingerprint density at radius 2 is 1.79 bits per heavy atom. The van der Waals surface area contributed by atoms with Crippen molar-refractivity contribution in [2.45, 2.75) is 64.4 Å². The SMILES string of the molecule is CCCC(O)(c1ccccc1)C1CCCCC1CC. The number of hydrogen-bond donors (Lipinski definition) is 1. The van der Waals surface area contributed by atoms with E-state index in [1.807, 2.05) is 6.07 Å². The van der Waals surface area contributed by atoms with E-state index in [1.165, 1.54) is 32.1 Å². The van der Waals surface area contributed by atoms with Crippen LogP contribution in [0, 0.1) is 11.8 Å². The van der Waals surface area contributed by atoms with Gasteiger partial charge in [0.05, 0.1) is 5.60 Å². The highest BCUT2D eigenvalue weighted by atomic mass is 16.3. The molecule has 1 saturated carbocycles. The summed E-state index contributed by atoms with van der Waals surface area (Å²) in [6, 6.07) is 10.4. The quantitative estimate of drug-likeness (QED) is 0.799. The van der Waals surface area contributed by atoms with Gasteiger partial charge in [-0.05, 0) is 30.2 Å². The lowest BCUT2D eigenvalue weighted by Crippen LogP contribution is -2.41. The summed E-state index contributed by atoms with van der Waals surface area (Å²) in [5.74, 6) is 1.12. The lowest BCUT2D eigenvalue weighted by atomic mass is 9.65. The van der Waals surface area contributed by atoms with Gasteiger partial charge in [0.15, 0.2) is 0 Å². The van der Waals surface area contributed by atoms with E-state index in [0.717, 1.165) is 18.4 Å². The number of rotatable bonds is 5. The predicted molar refractivity (Wildman–Crippen MR) is 81.0 cm³/mol. The predicted octanol–water partition coefficient (Wildman–Crippen LogP) is 4.89. The first-order chi connectivity index (χ1) is 9.22. The standard InChI is InChI=1S/C18H28O/c1-3-14-18(19,16-11-6-5-7-12-16)17-13-9-8-10-15(17)4-2/h5-7,11-12,15,17,19H,3-4,8-10,13-14H2,1-2H3. The molecule has 0 aliphatic heterocycles. The van der Waals surface area contributed by atoms with Crippen LogP contribution >= 0.6 is 0 Å². The van der Waals surface area contributed by atoms with Crippen molar-refractivity contribution in [3.05, 3.63) is 35.9 Å². The molecule has 0 amide bonds. The first-order valence-electron chi connectivity index (χ1n) is 8.00. The molecule has 0 aromatic heterocycles. The molecule has 1 aromatic carbocycles. The molecule has 1 fully saturated rings. The Labute approximate surface area is 118 Å². The molecule has 1 nitrogen and oxygen atoms in total. The van der Waals surface area contributed by atoms with Crippen molar-refractivity contribution in [3.8, 4) is 0 Å². The van der Waals surface area contributed by atoms with E-state index < -0.39 is 5.60 Å². The maximum absolute atomic E-state index is 11.4. The van der Waals surface area contributed by atoms with Crippen LogP contribution < -0.4 is 0 Å². The van der Waals surface area contributed by atoms with E-state index >= 15 is 0 Å². The molecule has 0 radical (unpaired) electrons. The van der Waals surface area contributed by atoms with Gasteiger partial charge in [-0.1, -0.05) is 76.3 Å². The van der Waals surface area contributed by atoms with E-state index in [9.17, 15) is 5.11 Å². The first kappa shape index (κ1) is 14.6. The van der Waals surface area contributed by atoms with Gasteiger partial charge in [-0.25, -0.2) is 0 Å². The summed E-state index contributed by atoms with van der Waals surface area (Å²) < 4.78 is 0. The minimum Gasteiger partial charge on any atom is -0.385 e. The fraction of sp³-hybridized carbons (Fsp3) is 0.667. The highest BCUT2D eigenvalue weighted by Gasteiger charge is 2.42. The summed E-state index contributed by atoms with van der Waals surface area (Å²) in [6.07, 6.45) is 8.22. The molecule has 1 N–H and O–H groups in total. The average Bonchev–Trinajstić information content (AvgIpc) is 2.48. The highest BCUT2D eigenvalue weighted by Crippen LogP contribution is 2.46. The van der Waals surface area contributed by atoms with Crippen molar-refractivity contribution < 1.29 is 5.11 Å². The van der Waals surface area contributed by atoms with Crippen molar-refractivity contribution in [3.63, 3.8) is 0 Å². The molecule has 1 aliphatic carbocycles.